The predicted octanol–water partition coefficient (Wildman–Crippen LogP) is 1.33. The van der Waals surface area contributed by atoms with Crippen molar-refractivity contribution in [1.82, 2.24) is 0 Å². The second kappa shape index (κ2) is 4.22. The van der Waals surface area contributed by atoms with Crippen molar-refractivity contribution in [2.24, 2.45) is 0 Å². The molecule has 1 aliphatic heterocycles. The molecule has 0 saturated heterocycles. The molecule has 1 aliphatic rings. The zero-order chi connectivity index (χ0) is 11.5. The van der Waals surface area contributed by atoms with Crippen LogP contribution in [0.2, 0.25) is 0 Å². The maximum absolute atomic E-state index is 11.1. The summed E-state index contributed by atoms with van der Waals surface area (Å²) in [7, 11) is 0. The number of nitrogens with one attached hydrogen (secondary N) is 1. The number of hydrogen-bond acceptors (Lipinski definition) is 4. The van der Waals surface area contributed by atoms with Crippen molar-refractivity contribution in [3.05, 3.63) is 18.2 Å². The molecule has 0 fully saturated rings. The number of hydrogen-bond donors (Lipinski definition) is 1. The van der Waals surface area contributed by atoms with E-state index >= 15 is 0 Å². The van der Waals surface area contributed by atoms with E-state index in [4.69, 9.17) is 9.47 Å². The lowest BCUT2D eigenvalue weighted by molar-refractivity contribution is -0.134. The van der Waals surface area contributed by atoms with Gasteiger partial charge in [-0.1, -0.05) is 6.92 Å². The molecular weight excluding hydrogens is 210 g/mol. The van der Waals surface area contributed by atoms with Crippen LogP contribution in [0.5, 0.6) is 11.5 Å². The van der Waals surface area contributed by atoms with Crippen LogP contribution in [0.15, 0.2) is 18.2 Å². The molecule has 0 aliphatic carbocycles. The first-order valence-electron chi connectivity index (χ1n) is 4.96. The van der Waals surface area contributed by atoms with Gasteiger partial charge >= 0.3 is 5.97 Å². The molecule has 1 aromatic rings. The van der Waals surface area contributed by atoms with E-state index in [-0.39, 0.29) is 18.5 Å². The summed E-state index contributed by atoms with van der Waals surface area (Å²) in [4.78, 5) is 22.1. The van der Waals surface area contributed by atoms with E-state index in [1.807, 2.05) is 0 Å². The third-order valence-corrected chi connectivity index (χ3v) is 2.11. The van der Waals surface area contributed by atoms with Crippen LogP contribution in [0.25, 0.3) is 0 Å². The first-order valence-corrected chi connectivity index (χ1v) is 4.96. The number of anilines is 1. The summed E-state index contributed by atoms with van der Waals surface area (Å²) >= 11 is 0. The Kier molecular flexibility index (Phi) is 2.76. The van der Waals surface area contributed by atoms with E-state index in [9.17, 15) is 9.59 Å². The molecule has 0 spiro atoms. The van der Waals surface area contributed by atoms with E-state index in [1.54, 1.807) is 25.1 Å². The van der Waals surface area contributed by atoms with Crippen molar-refractivity contribution in [1.29, 1.82) is 0 Å². The lowest BCUT2D eigenvalue weighted by Crippen LogP contribution is -2.25. The smallest absolute Gasteiger partial charge is 0.310 e. The van der Waals surface area contributed by atoms with E-state index in [0.717, 1.165) is 0 Å². The maximum atomic E-state index is 11.1. The summed E-state index contributed by atoms with van der Waals surface area (Å²) in [5, 5.41) is 2.65. The maximum Gasteiger partial charge on any atom is 0.310 e. The van der Waals surface area contributed by atoms with E-state index in [0.29, 0.717) is 23.6 Å². The van der Waals surface area contributed by atoms with Crippen LogP contribution >= 0.6 is 0 Å². The highest BCUT2D eigenvalue weighted by Gasteiger charge is 2.16. The molecular formula is C11H11NO4. The molecule has 5 nitrogen and oxygen atoms in total. The largest absolute Gasteiger partial charge is 0.481 e. The third kappa shape index (κ3) is 2.13. The third-order valence-electron chi connectivity index (χ3n) is 2.11. The SMILES string of the molecule is CCC(=O)Oc1ccc2c(c1)OCC(=O)N2. The van der Waals surface area contributed by atoms with E-state index in [1.165, 1.54) is 0 Å². The summed E-state index contributed by atoms with van der Waals surface area (Å²) in [5.41, 5.74) is 0.590. The molecule has 16 heavy (non-hydrogen) atoms. The minimum Gasteiger partial charge on any atom is -0.481 e. The van der Waals surface area contributed by atoms with Gasteiger partial charge in [0.05, 0.1) is 5.69 Å². The van der Waals surface area contributed by atoms with Gasteiger partial charge in [-0.25, -0.2) is 0 Å². The molecule has 1 aromatic carbocycles. The van der Waals surface area contributed by atoms with Crippen molar-refractivity contribution in [3.63, 3.8) is 0 Å². The van der Waals surface area contributed by atoms with Gasteiger partial charge in [0.1, 0.15) is 11.5 Å². The van der Waals surface area contributed by atoms with E-state index < -0.39 is 0 Å². The van der Waals surface area contributed by atoms with Gasteiger partial charge in [-0.15, -0.1) is 0 Å². The summed E-state index contributed by atoms with van der Waals surface area (Å²) in [5.74, 6) is 0.438. The summed E-state index contributed by atoms with van der Waals surface area (Å²) in [6.07, 6.45) is 0.314. The molecule has 0 bridgehead atoms. The predicted molar refractivity (Wildman–Crippen MR) is 56.5 cm³/mol. The van der Waals surface area contributed by atoms with E-state index in [2.05, 4.69) is 5.32 Å². The van der Waals surface area contributed by atoms with Crippen LogP contribution < -0.4 is 14.8 Å². The quantitative estimate of drug-likeness (QED) is 0.604. The van der Waals surface area contributed by atoms with Crippen molar-refractivity contribution in [3.8, 4) is 11.5 Å². The van der Waals surface area contributed by atoms with Crippen molar-refractivity contribution < 1.29 is 19.1 Å². The van der Waals surface area contributed by atoms with Crippen LogP contribution in [-0.4, -0.2) is 18.5 Å². The lowest BCUT2D eigenvalue weighted by atomic mass is 10.2. The summed E-state index contributed by atoms with van der Waals surface area (Å²) < 4.78 is 10.2. The second-order valence-electron chi connectivity index (χ2n) is 3.32. The van der Waals surface area contributed by atoms with Crippen LogP contribution in [0, 0.1) is 0 Å². The molecule has 5 heteroatoms. The van der Waals surface area contributed by atoms with Crippen molar-refractivity contribution in [2.75, 3.05) is 11.9 Å². The van der Waals surface area contributed by atoms with Gasteiger partial charge in [0.15, 0.2) is 6.61 Å². The summed E-state index contributed by atoms with van der Waals surface area (Å²) in [6.45, 7) is 1.70. The number of rotatable bonds is 2. The number of carbonyl (C=O) groups is 2. The molecule has 0 saturated carbocycles. The van der Waals surface area contributed by atoms with Gasteiger partial charge in [-0.05, 0) is 12.1 Å². The molecule has 84 valence electrons. The minimum atomic E-state index is -0.306. The Morgan fingerprint density at radius 1 is 1.56 bits per heavy atom. The molecule has 1 amide bonds. The van der Waals surface area contributed by atoms with Crippen LogP contribution in [-0.2, 0) is 9.59 Å². The number of fused-ring (bicyclic) bond motifs is 1. The molecule has 1 N–H and O–H groups in total. The fourth-order valence-electron chi connectivity index (χ4n) is 1.32. The Morgan fingerprint density at radius 2 is 2.38 bits per heavy atom. The van der Waals surface area contributed by atoms with Crippen LogP contribution in [0.1, 0.15) is 13.3 Å². The minimum absolute atomic E-state index is 0.0157. The van der Waals surface area contributed by atoms with Gasteiger partial charge in [-0.2, -0.15) is 0 Å². The molecule has 0 radical (unpaired) electrons. The Balaban J connectivity index is 2.19. The Morgan fingerprint density at radius 3 is 3.12 bits per heavy atom. The Labute approximate surface area is 92.4 Å². The number of ether oxygens (including phenoxy) is 2. The standard InChI is InChI=1S/C11H11NO4/c1-2-11(14)16-7-3-4-8-9(5-7)15-6-10(13)12-8/h3-5H,2,6H2,1H3,(H,12,13). The number of carbonyl (C=O) groups excluding carboxylic acids is 2. The average molecular weight is 221 g/mol. The number of esters is 1. The van der Waals surface area contributed by atoms with Gasteiger partial charge in [0.2, 0.25) is 0 Å². The van der Waals surface area contributed by atoms with Gasteiger partial charge < -0.3 is 14.8 Å². The molecule has 0 atom stereocenters. The Bertz CT molecular complexity index is 442. The summed E-state index contributed by atoms with van der Waals surface area (Å²) in [6, 6.07) is 4.84. The van der Waals surface area contributed by atoms with Crippen molar-refractivity contribution in [2.45, 2.75) is 13.3 Å². The molecule has 0 aromatic heterocycles. The number of benzene rings is 1. The fraction of sp³-hybridized carbons (Fsp3) is 0.273. The second-order valence-corrected chi connectivity index (χ2v) is 3.32. The molecule has 0 unspecified atom stereocenters. The first-order chi connectivity index (χ1) is 7.69. The zero-order valence-corrected chi connectivity index (χ0v) is 8.78. The van der Waals surface area contributed by atoms with Gasteiger partial charge in [-0.3, -0.25) is 9.59 Å². The van der Waals surface area contributed by atoms with Gasteiger partial charge in [0.25, 0.3) is 5.91 Å². The number of amides is 1. The first kappa shape index (κ1) is 10.5. The fourth-order valence-corrected chi connectivity index (χ4v) is 1.32. The monoisotopic (exact) mass is 221 g/mol. The lowest BCUT2D eigenvalue weighted by Gasteiger charge is -2.18. The highest BCUT2D eigenvalue weighted by molar-refractivity contribution is 5.95. The normalized spacial score (nSPS) is 13.4. The van der Waals surface area contributed by atoms with Crippen LogP contribution in [0.3, 0.4) is 0 Å². The highest BCUT2D eigenvalue weighted by atomic mass is 16.5. The topological polar surface area (TPSA) is 64.6 Å². The average Bonchev–Trinajstić information content (AvgIpc) is 2.29. The van der Waals surface area contributed by atoms with Crippen molar-refractivity contribution >= 4 is 17.6 Å². The highest BCUT2D eigenvalue weighted by Crippen LogP contribution is 2.31. The van der Waals surface area contributed by atoms with Crippen LogP contribution in [0.4, 0.5) is 5.69 Å². The van der Waals surface area contributed by atoms with Gasteiger partial charge in [0, 0.05) is 12.5 Å². The zero-order valence-electron chi connectivity index (χ0n) is 8.78. The molecule has 1 heterocycles. The molecule has 2 rings (SSSR count). The Hall–Kier alpha value is -2.04.